The van der Waals surface area contributed by atoms with Crippen LogP contribution in [0.5, 0.6) is 0 Å². The Morgan fingerprint density at radius 3 is 2.82 bits per heavy atom. The number of non-ortho nitro benzene ring substituents is 1. The lowest BCUT2D eigenvalue weighted by Gasteiger charge is -2.05. The molecule has 8 nitrogen and oxygen atoms in total. The van der Waals surface area contributed by atoms with Gasteiger partial charge in [0.05, 0.1) is 11.3 Å². The predicted molar refractivity (Wildman–Crippen MR) is 79.3 cm³/mol. The quantitative estimate of drug-likeness (QED) is 0.565. The number of carbonyl (C=O) groups is 1. The molecule has 0 spiro atoms. The number of hydrogen-bond acceptors (Lipinski definition) is 5. The van der Waals surface area contributed by atoms with E-state index in [2.05, 4.69) is 20.7 Å². The highest BCUT2D eigenvalue weighted by molar-refractivity contribution is 5.94. The largest absolute Gasteiger partial charge is 0.326 e. The molecule has 2 N–H and O–H groups in total. The fourth-order valence-corrected chi connectivity index (χ4v) is 2.09. The SMILES string of the molecule is O=C(Cc1cccc([N+](=O)[O-])c1)Nc1ccc2n[nH]nc2c1. The minimum absolute atomic E-state index is 0.0330. The molecule has 0 atom stereocenters. The predicted octanol–water partition coefficient (Wildman–Crippen LogP) is 2.05. The maximum Gasteiger partial charge on any atom is 0.269 e. The van der Waals surface area contributed by atoms with Gasteiger partial charge in [-0.25, -0.2) is 0 Å². The first-order chi connectivity index (χ1) is 10.6. The van der Waals surface area contributed by atoms with E-state index >= 15 is 0 Å². The highest BCUT2D eigenvalue weighted by atomic mass is 16.6. The Bertz CT molecular complexity index is 858. The Morgan fingerprint density at radius 1 is 1.18 bits per heavy atom. The molecule has 1 aromatic heterocycles. The maximum absolute atomic E-state index is 12.0. The van der Waals surface area contributed by atoms with Gasteiger partial charge >= 0.3 is 0 Å². The van der Waals surface area contributed by atoms with E-state index < -0.39 is 4.92 Å². The summed E-state index contributed by atoms with van der Waals surface area (Å²) in [6, 6.07) is 11.2. The number of nitrogens with one attached hydrogen (secondary N) is 2. The van der Waals surface area contributed by atoms with Crippen molar-refractivity contribution < 1.29 is 9.72 Å². The highest BCUT2D eigenvalue weighted by Crippen LogP contribution is 2.16. The van der Waals surface area contributed by atoms with Crippen LogP contribution in [0.2, 0.25) is 0 Å². The fraction of sp³-hybridized carbons (Fsp3) is 0.0714. The van der Waals surface area contributed by atoms with Crippen molar-refractivity contribution in [3.05, 3.63) is 58.1 Å². The van der Waals surface area contributed by atoms with Crippen LogP contribution < -0.4 is 5.32 Å². The number of carbonyl (C=O) groups excluding carboxylic acids is 1. The lowest BCUT2D eigenvalue weighted by Crippen LogP contribution is -2.14. The molecule has 2 aromatic carbocycles. The van der Waals surface area contributed by atoms with Gasteiger partial charge in [0.25, 0.3) is 5.69 Å². The van der Waals surface area contributed by atoms with Crippen LogP contribution in [0, 0.1) is 10.1 Å². The van der Waals surface area contributed by atoms with Crippen molar-refractivity contribution in [1.29, 1.82) is 0 Å². The summed E-state index contributed by atoms with van der Waals surface area (Å²) < 4.78 is 0. The van der Waals surface area contributed by atoms with E-state index in [1.54, 1.807) is 30.3 Å². The smallest absolute Gasteiger partial charge is 0.269 e. The topological polar surface area (TPSA) is 114 Å². The Hall–Kier alpha value is -3.29. The van der Waals surface area contributed by atoms with Gasteiger partial charge in [0, 0.05) is 17.8 Å². The summed E-state index contributed by atoms with van der Waals surface area (Å²) in [5.41, 5.74) is 2.49. The molecule has 0 aliphatic rings. The summed E-state index contributed by atoms with van der Waals surface area (Å²) in [5.74, 6) is -0.261. The Balaban J connectivity index is 1.71. The number of aromatic amines is 1. The van der Waals surface area contributed by atoms with E-state index in [-0.39, 0.29) is 18.0 Å². The molecule has 110 valence electrons. The Labute approximate surface area is 124 Å². The van der Waals surface area contributed by atoms with Crippen LogP contribution >= 0.6 is 0 Å². The first-order valence-corrected chi connectivity index (χ1v) is 6.45. The second kappa shape index (κ2) is 5.60. The molecule has 22 heavy (non-hydrogen) atoms. The zero-order valence-corrected chi connectivity index (χ0v) is 11.3. The van der Waals surface area contributed by atoms with Crippen LogP contribution in [0.4, 0.5) is 11.4 Å². The monoisotopic (exact) mass is 297 g/mol. The molecule has 0 aliphatic heterocycles. The third kappa shape index (κ3) is 2.90. The first kappa shape index (κ1) is 13.7. The van der Waals surface area contributed by atoms with Gasteiger partial charge in [-0.05, 0) is 23.8 Å². The minimum Gasteiger partial charge on any atom is -0.326 e. The van der Waals surface area contributed by atoms with Gasteiger partial charge in [-0.15, -0.1) is 0 Å². The van der Waals surface area contributed by atoms with Crippen molar-refractivity contribution in [1.82, 2.24) is 15.4 Å². The third-order valence-electron chi connectivity index (χ3n) is 3.09. The second-order valence-corrected chi connectivity index (χ2v) is 4.68. The average Bonchev–Trinajstić information content (AvgIpc) is 2.95. The number of rotatable bonds is 4. The van der Waals surface area contributed by atoms with Crippen LogP contribution in [0.25, 0.3) is 11.0 Å². The lowest BCUT2D eigenvalue weighted by atomic mass is 10.1. The van der Waals surface area contributed by atoms with E-state index in [0.29, 0.717) is 22.3 Å². The Kier molecular flexibility index (Phi) is 3.48. The van der Waals surface area contributed by atoms with Gasteiger partial charge in [0.2, 0.25) is 5.91 Å². The van der Waals surface area contributed by atoms with Crippen LogP contribution in [0.3, 0.4) is 0 Å². The number of H-pyrrole nitrogens is 1. The average molecular weight is 297 g/mol. The van der Waals surface area contributed by atoms with Gasteiger partial charge in [-0.3, -0.25) is 14.9 Å². The number of nitro benzene ring substituents is 1. The van der Waals surface area contributed by atoms with Crippen molar-refractivity contribution in [2.45, 2.75) is 6.42 Å². The van der Waals surface area contributed by atoms with E-state index in [9.17, 15) is 14.9 Å². The van der Waals surface area contributed by atoms with Gasteiger partial charge in [-0.2, -0.15) is 15.4 Å². The molecular weight excluding hydrogens is 286 g/mol. The number of nitrogens with zero attached hydrogens (tertiary/aromatic N) is 3. The van der Waals surface area contributed by atoms with Gasteiger partial charge in [0.15, 0.2) is 0 Å². The maximum atomic E-state index is 12.0. The number of nitro groups is 1. The molecule has 0 saturated carbocycles. The van der Waals surface area contributed by atoms with E-state index in [0.717, 1.165) is 0 Å². The minimum atomic E-state index is -0.486. The van der Waals surface area contributed by atoms with Crippen LogP contribution in [0.15, 0.2) is 42.5 Å². The number of amides is 1. The van der Waals surface area contributed by atoms with Gasteiger partial charge in [0.1, 0.15) is 11.0 Å². The Morgan fingerprint density at radius 2 is 2.00 bits per heavy atom. The summed E-state index contributed by atoms with van der Waals surface area (Å²) in [6.45, 7) is 0. The van der Waals surface area contributed by atoms with Gasteiger partial charge < -0.3 is 5.32 Å². The van der Waals surface area contributed by atoms with E-state index in [1.165, 1.54) is 12.1 Å². The number of aromatic nitrogens is 3. The molecule has 0 fully saturated rings. The highest BCUT2D eigenvalue weighted by Gasteiger charge is 2.10. The molecule has 0 unspecified atom stereocenters. The van der Waals surface area contributed by atoms with Crippen LogP contribution in [-0.2, 0) is 11.2 Å². The van der Waals surface area contributed by atoms with Crippen molar-refractivity contribution in [3.8, 4) is 0 Å². The van der Waals surface area contributed by atoms with E-state index in [4.69, 9.17) is 0 Å². The zero-order chi connectivity index (χ0) is 15.5. The summed E-state index contributed by atoms with van der Waals surface area (Å²) in [4.78, 5) is 22.2. The summed E-state index contributed by atoms with van der Waals surface area (Å²) in [7, 11) is 0. The molecule has 1 amide bonds. The molecule has 3 rings (SSSR count). The molecule has 8 heteroatoms. The van der Waals surface area contributed by atoms with Crippen LogP contribution in [0.1, 0.15) is 5.56 Å². The summed E-state index contributed by atoms with van der Waals surface area (Å²) in [6.07, 6.45) is 0.0541. The standard InChI is InChI=1S/C14H11N5O3/c20-14(7-9-2-1-3-11(6-9)19(21)22)15-10-4-5-12-13(8-10)17-18-16-12/h1-6,8H,7H2,(H,15,20)(H,16,17,18). The summed E-state index contributed by atoms with van der Waals surface area (Å²) >= 11 is 0. The van der Waals surface area contributed by atoms with Crippen molar-refractivity contribution in [2.24, 2.45) is 0 Å². The molecule has 1 heterocycles. The third-order valence-corrected chi connectivity index (χ3v) is 3.09. The molecule has 0 aliphatic carbocycles. The number of benzene rings is 2. The van der Waals surface area contributed by atoms with Crippen LogP contribution in [-0.4, -0.2) is 26.2 Å². The van der Waals surface area contributed by atoms with Crippen molar-refractivity contribution in [2.75, 3.05) is 5.32 Å². The molecule has 0 bridgehead atoms. The normalized spacial score (nSPS) is 10.5. The lowest BCUT2D eigenvalue weighted by molar-refractivity contribution is -0.384. The van der Waals surface area contributed by atoms with Crippen molar-refractivity contribution in [3.63, 3.8) is 0 Å². The molecule has 0 saturated heterocycles. The van der Waals surface area contributed by atoms with E-state index in [1.807, 2.05) is 0 Å². The number of fused-ring (bicyclic) bond motifs is 1. The fourth-order valence-electron chi connectivity index (χ4n) is 2.09. The summed E-state index contributed by atoms with van der Waals surface area (Å²) in [5, 5.41) is 23.8. The first-order valence-electron chi connectivity index (χ1n) is 6.45. The second-order valence-electron chi connectivity index (χ2n) is 4.68. The molecular formula is C14H11N5O3. The zero-order valence-electron chi connectivity index (χ0n) is 11.3. The number of anilines is 1. The molecule has 3 aromatic rings. The van der Waals surface area contributed by atoms with Gasteiger partial charge in [-0.1, -0.05) is 12.1 Å². The van der Waals surface area contributed by atoms with Crippen molar-refractivity contribution >= 4 is 28.3 Å². The number of hydrogen-bond donors (Lipinski definition) is 2. The molecule has 0 radical (unpaired) electrons.